The summed E-state index contributed by atoms with van der Waals surface area (Å²) in [5.41, 5.74) is -0.155. The Bertz CT molecular complexity index is 734. The summed E-state index contributed by atoms with van der Waals surface area (Å²) in [5, 5.41) is 12.9. The third kappa shape index (κ3) is 3.68. The fourth-order valence-corrected chi connectivity index (χ4v) is 2.80. The zero-order chi connectivity index (χ0) is 17.2. The lowest BCUT2D eigenvalue weighted by Gasteiger charge is -2.28. The van der Waals surface area contributed by atoms with Gasteiger partial charge in [0.1, 0.15) is 11.5 Å². The molecule has 2 aromatic rings. The van der Waals surface area contributed by atoms with Crippen molar-refractivity contribution in [1.29, 1.82) is 0 Å². The zero-order valence-electron chi connectivity index (χ0n) is 13.3. The molecule has 1 aromatic carbocycles. The second kappa shape index (κ2) is 6.79. The van der Waals surface area contributed by atoms with Gasteiger partial charge in [-0.2, -0.15) is 0 Å². The molecular formula is C18H19ClN2O3. The molecule has 3 rings (SSSR count). The molecule has 1 aliphatic carbocycles. The van der Waals surface area contributed by atoms with Crippen LogP contribution in [0.4, 0.5) is 0 Å². The Labute approximate surface area is 145 Å². The molecule has 5 nitrogen and oxygen atoms in total. The van der Waals surface area contributed by atoms with E-state index in [1.54, 1.807) is 42.7 Å². The molecule has 1 saturated carbocycles. The minimum Gasteiger partial charge on any atom is -0.456 e. The smallest absolute Gasteiger partial charge is 0.251 e. The fraction of sp³-hybridized carbons (Fsp3) is 0.333. The summed E-state index contributed by atoms with van der Waals surface area (Å²) in [6.45, 7) is 1.78. The number of carbonyl (C=O) groups is 1. The van der Waals surface area contributed by atoms with E-state index in [1.807, 2.05) is 6.92 Å². The van der Waals surface area contributed by atoms with Crippen molar-refractivity contribution in [2.45, 2.75) is 25.3 Å². The van der Waals surface area contributed by atoms with Gasteiger partial charge in [0.05, 0.1) is 17.2 Å². The van der Waals surface area contributed by atoms with Crippen LogP contribution in [-0.4, -0.2) is 28.1 Å². The van der Waals surface area contributed by atoms with Gasteiger partial charge in [0.2, 0.25) is 0 Å². The van der Waals surface area contributed by atoms with E-state index in [0.29, 0.717) is 28.0 Å². The molecule has 0 radical (unpaired) electrons. The fourth-order valence-electron chi connectivity index (χ4n) is 2.58. The quantitative estimate of drug-likeness (QED) is 0.840. The molecule has 126 valence electrons. The summed E-state index contributed by atoms with van der Waals surface area (Å²) in [6, 6.07) is 8.32. The van der Waals surface area contributed by atoms with Crippen LogP contribution in [0.1, 0.15) is 30.1 Å². The van der Waals surface area contributed by atoms with Crippen molar-refractivity contribution < 1.29 is 14.6 Å². The van der Waals surface area contributed by atoms with Gasteiger partial charge in [-0.05, 0) is 56.0 Å². The van der Waals surface area contributed by atoms with Gasteiger partial charge in [0.25, 0.3) is 5.91 Å². The summed E-state index contributed by atoms with van der Waals surface area (Å²) in [6.07, 6.45) is 5.30. The first kappa shape index (κ1) is 16.7. The largest absolute Gasteiger partial charge is 0.456 e. The molecule has 6 heteroatoms. The van der Waals surface area contributed by atoms with E-state index in [1.165, 1.54) is 0 Å². The van der Waals surface area contributed by atoms with E-state index in [2.05, 4.69) is 10.3 Å². The summed E-state index contributed by atoms with van der Waals surface area (Å²) in [4.78, 5) is 16.4. The second-order valence-electron chi connectivity index (χ2n) is 6.23. The van der Waals surface area contributed by atoms with Gasteiger partial charge in [-0.1, -0.05) is 11.6 Å². The molecule has 1 atom stereocenters. The predicted molar refractivity (Wildman–Crippen MR) is 91.4 cm³/mol. The molecular weight excluding hydrogens is 328 g/mol. The lowest BCUT2D eigenvalue weighted by molar-refractivity contribution is 0.0824. The molecule has 0 aliphatic heterocycles. The molecule has 1 aliphatic rings. The van der Waals surface area contributed by atoms with Crippen molar-refractivity contribution in [2.24, 2.45) is 5.92 Å². The molecule has 1 unspecified atom stereocenters. The van der Waals surface area contributed by atoms with Gasteiger partial charge in [-0.25, -0.2) is 0 Å². The molecule has 1 fully saturated rings. The van der Waals surface area contributed by atoms with Gasteiger partial charge < -0.3 is 15.2 Å². The number of pyridine rings is 1. The number of nitrogens with one attached hydrogen (secondary N) is 1. The average Bonchev–Trinajstić information content (AvgIpc) is 3.43. The van der Waals surface area contributed by atoms with Gasteiger partial charge in [-0.15, -0.1) is 0 Å². The molecule has 1 amide bonds. The molecule has 1 aromatic heterocycles. The van der Waals surface area contributed by atoms with Crippen molar-refractivity contribution in [2.75, 3.05) is 6.61 Å². The van der Waals surface area contributed by atoms with Crippen LogP contribution < -0.4 is 10.1 Å². The zero-order valence-corrected chi connectivity index (χ0v) is 14.1. The van der Waals surface area contributed by atoms with Crippen LogP contribution in [0.5, 0.6) is 11.5 Å². The number of hydrogen-bond acceptors (Lipinski definition) is 4. The Morgan fingerprint density at radius 3 is 2.67 bits per heavy atom. The number of aromatic nitrogens is 1. The maximum Gasteiger partial charge on any atom is 0.251 e. The monoisotopic (exact) mass is 346 g/mol. The molecule has 2 N–H and O–H groups in total. The Kier molecular flexibility index (Phi) is 4.73. The maximum atomic E-state index is 12.4. The van der Waals surface area contributed by atoms with Crippen molar-refractivity contribution >= 4 is 17.5 Å². The van der Waals surface area contributed by atoms with E-state index in [-0.39, 0.29) is 12.5 Å². The lowest BCUT2D eigenvalue weighted by Crippen LogP contribution is -2.50. The van der Waals surface area contributed by atoms with Gasteiger partial charge >= 0.3 is 0 Å². The highest BCUT2D eigenvalue weighted by molar-refractivity contribution is 6.32. The first-order chi connectivity index (χ1) is 11.5. The number of amides is 1. The van der Waals surface area contributed by atoms with Crippen LogP contribution >= 0.6 is 11.6 Å². The Morgan fingerprint density at radius 1 is 1.38 bits per heavy atom. The van der Waals surface area contributed by atoms with Crippen molar-refractivity contribution in [1.82, 2.24) is 10.3 Å². The number of ether oxygens (including phenoxy) is 1. The molecule has 1 heterocycles. The van der Waals surface area contributed by atoms with E-state index < -0.39 is 5.54 Å². The van der Waals surface area contributed by atoms with E-state index in [9.17, 15) is 9.90 Å². The maximum absolute atomic E-state index is 12.4. The Balaban J connectivity index is 1.73. The molecule has 0 bridgehead atoms. The molecule has 0 saturated heterocycles. The number of hydrogen-bond donors (Lipinski definition) is 2. The van der Waals surface area contributed by atoms with Crippen LogP contribution in [0.25, 0.3) is 0 Å². The van der Waals surface area contributed by atoms with Gasteiger partial charge in [-0.3, -0.25) is 9.78 Å². The molecule has 0 spiro atoms. The summed E-state index contributed by atoms with van der Waals surface area (Å²) in [5.74, 6) is 1.16. The minimum atomic E-state index is -0.588. The van der Waals surface area contributed by atoms with Crippen LogP contribution in [0.15, 0.2) is 42.7 Å². The number of aliphatic hydroxyl groups is 1. The van der Waals surface area contributed by atoms with E-state index >= 15 is 0 Å². The SMILES string of the molecule is CC(CO)(NC(=O)c1ccc(Oc2ccncc2)c(Cl)c1)C1CC1. The highest BCUT2D eigenvalue weighted by Gasteiger charge is 2.42. The van der Waals surface area contributed by atoms with Crippen molar-refractivity contribution in [3.63, 3.8) is 0 Å². The van der Waals surface area contributed by atoms with Crippen molar-refractivity contribution in [3.05, 3.63) is 53.3 Å². The van der Waals surface area contributed by atoms with Crippen LogP contribution in [0.2, 0.25) is 5.02 Å². The van der Waals surface area contributed by atoms with Gasteiger partial charge in [0, 0.05) is 18.0 Å². The number of aliphatic hydroxyl groups excluding tert-OH is 1. The number of carbonyl (C=O) groups excluding carboxylic acids is 1. The first-order valence-electron chi connectivity index (χ1n) is 7.82. The number of halogens is 1. The number of rotatable bonds is 6. The summed E-state index contributed by atoms with van der Waals surface area (Å²) < 4.78 is 5.67. The minimum absolute atomic E-state index is 0.0830. The topological polar surface area (TPSA) is 71.5 Å². The first-order valence-corrected chi connectivity index (χ1v) is 8.20. The van der Waals surface area contributed by atoms with Crippen molar-refractivity contribution in [3.8, 4) is 11.5 Å². The van der Waals surface area contributed by atoms with E-state index in [4.69, 9.17) is 16.3 Å². The van der Waals surface area contributed by atoms with E-state index in [0.717, 1.165) is 12.8 Å². The Morgan fingerprint density at radius 2 is 2.08 bits per heavy atom. The van der Waals surface area contributed by atoms with Crippen LogP contribution in [-0.2, 0) is 0 Å². The highest BCUT2D eigenvalue weighted by Crippen LogP contribution is 2.39. The number of benzene rings is 1. The third-order valence-corrected chi connectivity index (χ3v) is 4.57. The predicted octanol–water partition coefficient (Wildman–Crippen LogP) is 3.42. The highest BCUT2D eigenvalue weighted by atomic mass is 35.5. The second-order valence-corrected chi connectivity index (χ2v) is 6.64. The number of nitrogens with zero attached hydrogens (tertiary/aromatic N) is 1. The van der Waals surface area contributed by atoms with Gasteiger partial charge in [0.15, 0.2) is 0 Å². The lowest BCUT2D eigenvalue weighted by atomic mass is 9.96. The standard InChI is InChI=1S/C18H19ClN2O3/c1-18(11-22,13-3-4-13)21-17(23)12-2-5-16(15(19)10-12)24-14-6-8-20-9-7-14/h2,5-10,13,22H,3-4,11H2,1H3,(H,21,23). The third-order valence-electron chi connectivity index (χ3n) is 4.28. The van der Waals surface area contributed by atoms with Crippen LogP contribution in [0, 0.1) is 5.92 Å². The normalized spacial score (nSPS) is 16.3. The van der Waals surface area contributed by atoms with Crippen LogP contribution in [0.3, 0.4) is 0 Å². The summed E-state index contributed by atoms with van der Waals surface area (Å²) >= 11 is 6.23. The average molecular weight is 347 g/mol. The molecule has 24 heavy (non-hydrogen) atoms. The summed E-state index contributed by atoms with van der Waals surface area (Å²) in [7, 11) is 0. The Hall–Kier alpha value is -2.11.